The highest BCUT2D eigenvalue weighted by atomic mass is 32.1. The first-order valence-electron chi connectivity index (χ1n) is 6.34. The Balaban J connectivity index is 1.53. The van der Waals surface area contributed by atoms with Crippen molar-refractivity contribution in [3.8, 4) is 0 Å². The van der Waals surface area contributed by atoms with Crippen LogP contribution in [0, 0.1) is 0 Å². The van der Waals surface area contributed by atoms with Gasteiger partial charge in [0.25, 0.3) is 0 Å². The lowest BCUT2D eigenvalue weighted by Crippen LogP contribution is -2.12. The smallest absolute Gasteiger partial charge is 0.226 e. The van der Waals surface area contributed by atoms with Crippen LogP contribution >= 0.6 is 11.3 Å². The first-order chi connectivity index (χ1) is 9.31. The zero-order chi connectivity index (χ0) is 13.1. The molecule has 0 spiro atoms. The predicted molar refractivity (Wildman–Crippen MR) is 76.1 cm³/mol. The molecule has 0 saturated carbocycles. The standard InChI is InChI=1S/C14H15N3OS/c18-13(7-6-10-4-2-1-3-5-10)17-14-16-11-8-15-9-12(11)19-14/h1-5,15H,6-9H2,(H,16,17,18). The summed E-state index contributed by atoms with van der Waals surface area (Å²) < 4.78 is 0. The van der Waals surface area contributed by atoms with Crippen molar-refractivity contribution in [1.29, 1.82) is 0 Å². The monoisotopic (exact) mass is 273 g/mol. The molecule has 0 unspecified atom stereocenters. The van der Waals surface area contributed by atoms with Crippen LogP contribution in [0.1, 0.15) is 22.6 Å². The molecule has 0 bridgehead atoms. The maximum Gasteiger partial charge on any atom is 0.226 e. The first-order valence-corrected chi connectivity index (χ1v) is 7.16. The number of rotatable bonds is 4. The Morgan fingerprint density at radius 3 is 2.95 bits per heavy atom. The van der Waals surface area contributed by atoms with E-state index in [4.69, 9.17) is 0 Å². The number of hydrogen-bond acceptors (Lipinski definition) is 4. The van der Waals surface area contributed by atoms with Crippen LogP contribution in [-0.2, 0) is 24.3 Å². The summed E-state index contributed by atoms with van der Waals surface area (Å²) in [7, 11) is 0. The summed E-state index contributed by atoms with van der Waals surface area (Å²) in [6, 6.07) is 10.0. The molecule has 0 radical (unpaired) electrons. The van der Waals surface area contributed by atoms with Gasteiger partial charge in [-0.3, -0.25) is 4.79 Å². The third kappa shape index (κ3) is 3.00. The molecule has 4 nitrogen and oxygen atoms in total. The van der Waals surface area contributed by atoms with Gasteiger partial charge < -0.3 is 10.6 Å². The fraction of sp³-hybridized carbons (Fsp3) is 0.286. The quantitative estimate of drug-likeness (QED) is 0.899. The summed E-state index contributed by atoms with van der Waals surface area (Å²) in [5.74, 6) is 0.0317. The lowest BCUT2D eigenvalue weighted by atomic mass is 10.1. The number of aryl methyl sites for hydroxylation is 1. The van der Waals surface area contributed by atoms with Gasteiger partial charge in [-0.2, -0.15) is 0 Å². The molecular formula is C14H15N3OS. The highest BCUT2D eigenvalue weighted by molar-refractivity contribution is 7.15. The van der Waals surface area contributed by atoms with Crippen molar-refractivity contribution in [1.82, 2.24) is 10.3 Å². The van der Waals surface area contributed by atoms with E-state index in [1.165, 1.54) is 10.4 Å². The van der Waals surface area contributed by atoms with E-state index in [0.29, 0.717) is 6.42 Å². The van der Waals surface area contributed by atoms with Gasteiger partial charge in [0.1, 0.15) is 0 Å². The second kappa shape index (κ2) is 5.50. The second-order valence-corrected chi connectivity index (χ2v) is 5.61. The Kier molecular flexibility index (Phi) is 3.57. The van der Waals surface area contributed by atoms with Gasteiger partial charge in [0.15, 0.2) is 5.13 Å². The summed E-state index contributed by atoms with van der Waals surface area (Å²) in [4.78, 5) is 17.5. The van der Waals surface area contributed by atoms with Crippen molar-refractivity contribution in [2.75, 3.05) is 5.32 Å². The summed E-state index contributed by atoms with van der Waals surface area (Å²) in [5.41, 5.74) is 2.26. The number of hydrogen-bond donors (Lipinski definition) is 2. The van der Waals surface area contributed by atoms with Crippen molar-refractivity contribution in [2.24, 2.45) is 0 Å². The molecule has 19 heavy (non-hydrogen) atoms. The number of nitrogens with zero attached hydrogens (tertiary/aromatic N) is 1. The number of benzene rings is 1. The molecule has 2 heterocycles. The zero-order valence-electron chi connectivity index (χ0n) is 10.5. The van der Waals surface area contributed by atoms with E-state index < -0.39 is 0 Å². The topological polar surface area (TPSA) is 54.0 Å². The van der Waals surface area contributed by atoms with Crippen molar-refractivity contribution in [2.45, 2.75) is 25.9 Å². The lowest BCUT2D eigenvalue weighted by Gasteiger charge is -2.02. The highest BCUT2D eigenvalue weighted by Crippen LogP contribution is 2.26. The second-order valence-electron chi connectivity index (χ2n) is 4.53. The van der Waals surface area contributed by atoms with E-state index in [9.17, 15) is 4.79 Å². The van der Waals surface area contributed by atoms with Crippen molar-refractivity contribution in [3.05, 3.63) is 46.5 Å². The molecule has 1 aliphatic heterocycles. The Hall–Kier alpha value is -1.72. The molecule has 98 valence electrons. The largest absolute Gasteiger partial charge is 0.306 e. The lowest BCUT2D eigenvalue weighted by molar-refractivity contribution is -0.116. The first kappa shape index (κ1) is 12.3. The van der Waals surface area contributed by atoms with Crippen LogP contribution in [0.3, 0.4) is 0 Å². The van der Waals surface area contributed by atoms with E-state index in [1.54, 1.807) is 11.3 Å². The van der Waals surface area contributed by atoms with E-state index in [2.05, 4.69) is 15.6 Å². The minimum Gasteiger partial charge on any atom is -0.306 e. The molecule has 0 atom stereocenters. The van der Waals surface area contributed by atoms with E-state index >= 15 is 0 Å². The average molecular weight is 273 g/mol. The Bertz CT molecular complexity index is 558. The molecule has 0 aliphatic carbocycles. The predicted octanol–water partition coefficient (Wildman–Crippen LogP) is 2.32. The number of aromatic nitrogens is 1. The highest BCUT2D eigenvalue weighted by Gasteiger charge is 2.17. The van der Waals surface area contributed by atoms with Gasteiger partial charge >= 0.3 is 0 Å². The normalized spacial score (nSPS) is 13.3. The van der Waals surface area contributed by atoms with Crippen molar-refractivity contribution >= 4 is 22.4 Å². The summed E-state index contributed by atoms with van der Waals surface area (Å²) in [6.45, 7) is 1.68. The Morgan fingerprint density at radius 2 is 2.16 bits per heavy atom. The number of carbonyl (C=O) groups excluding carboxylic acids is 1. The van der Waals surface area contributed by atoms with Crippen molar-refractivity contribution in [3.63, 3.8) is 0 Å². The van der Waals surface area contributed by atoms with Crippen LogP contribution in [-0.4, -0.2) is 10.9 Å². The molecular weight excluding hydrogens is 258 g/mol. The number of fused-ring (bicyclic) bond motifs is 1. The number of anilines is 1. The van der Waals surface area contributed by atoms with Crippen LogP contribution in [0.25, 0.3) is 0 Å². The number of carbonyl (C=O) groups is 1. The SMILES string of the molecule is O=C(CCc1ccccc1)Nc1nc2c(s1)CNC2. The molecule has 5 heteroatoms. The third-order valence-electron chi connectivity index (χ3n) is 3.09. The molecule has 1 aliphatic rings. The number of thiazole rings is 1. The van der Waals surface area contributed by atoms with Crippen molar-refractivity contribution < 1.29 is 4.79 Å². The van der Waals surface area contributed by atoms with Crippen LogP contribution in [0.5, 0.6) is 0 Å². The summed E-state index contributed by atoms with van der Waals surface area (Å²) in [6.07, 6.45) is 1.26. The maximum absolute atomic E-state index is 11.9. The minimum absolute atomic E-state index is 0.0317. The molecule has 1 aromatic carbocycles. The van der Waals surface area contributed by atoms with Gasteiger partial charge in [0, 0.05) is 24.4 Å². The van der Waals surface area contributed by atoms with Gasteiger partial charge in [0.05, 0.1) is 5.69 Å². The van der Waals surface area contributed by atoms with Gasteiger partial charge in [-0.15, -0.1) is 11.3 Å². The fourth-order valence-corrected chi connectivity index (χ4v) is 3.06. The van der Waals surface area contributed by atoms with Gasteiger partial charge in [-0.05, 0) is 12.0 Å². The Labute approximate surface area is 115 Å². The van der Waals surface area contributed by atoms with E-state index in [1.807, 2.05) is 30.3 Å². The molecule has 2 N–H and O–H groups in total. The van der Waals surface area contributed by atoms with Crippen LogP contribution in [0.2, 0.25) is 0 Å². The number of nitrogens with one attached hydrogen (secondary N) is 2. The summed E-state index contributed by atoms with van der Waals surface area (Å²) in [5, 5.41) is 6.84. The molecule has 0 saturated heterocycles. The molecule has 1 aromatic heterocycles. The van der Waals surface area contributed by atoms with E-state index in [-0.39, 0.29) is 5.91 Å². The summed E-state index contributed by atoms with van der Waals surface area (Å²) >= 11 is 1.57. The average Bonchev–Trinajstić information content (AvgIpc) is 2.98. The maximum atomic E-state index is 11.9. The van der Waals surface area contributed by atoms with Crippen LogP contribution in [0.15, 0.2) is 30.3 Å². The Morgan fingerprint density at radius 1 is 1.32 bits per heavy atom. The van der Waals surface area contributed by atoms with Crippen LogP contribution in [0.4, 0.5) is 5.13 Å². The van der Waals surface area contributed by atoms with Crippen LogP contribution < -0.4 is 10.6 Å². The van der Waals surface area contributed by atoms with Gasteiger partial charge in [-0.1, -0.05) is 30.3 Å². The fourth-order valence-electron chi connectivity index (χ4n) is 2.09. The molecule has 0 fully saturated rings. The number of amides is 1. The molecule has 1 amide bonds. The van der Waals surface area contributed by atoms with Gasteiger partial charge in [-0.25, -0.2) is 4.98 Å². The van der Waals surface area contributed by atoms with Gasteiger partial charge in [0.2, 0.25) is 5.91 Å². The van der Waals surface area contributed by atoms with E-state index in [0.717, 1.165) is 30.3 Å². The zero-order valence-corrected chi connectivity index (χ0v) is 11.3. The third-order valence-corrected chi connectivity index (χ3v) is 4.10. The minimum atomic E-state index is 0.0317. The molecule has 3 rings (SSSR count). The molecule has 2 aromatic rings.